The van der Waals surface area contributed by atoms with Gasteiger partial charge in [-0.05, 0) is 45.0 Å². The molecule has 4 heteroatoms. The van der Waals surface area contributed by atoms with Crippen LogP contribution in [0.5, 0.6) is 0 Å². The van der Waals surface area contributed by atoms with Gasteiger partial charge in [0.05, 0.1) is 5.69 Å². The number of aryl methyl sites for hydroxylation is 2. The van der Waals surface area contributed by atoms with Crippen LogP contribution in [0.1, 0.15) is 43.5 Å². The molecular formula is C14H21N3O. The van der Waals surface area contributed by atoms with E-state index in [0.29, 0.717) is 0 Å². The maximum atomic E-state index is 5.76. The molecule has 2 heterocycles. The molecular weight excluding hydrogens is 226 g/mol. The molecule has 0 bridgehead atoms. The van der Waals surface area contributed by atoms with Gasteiger partial charge in [0.1, 0.15) is 17.6 Å². The summed E-state index contributed by atoms with van der Waals surface area (Å²) in [6, 6.07) is 6.17. The summed E-state index contributed by atoms with van der Waals surface area (Å²) in [5.74, 6) is 1.90. The third-order valence-corrected chi connectivity index (χ3v) is 2.99. The van der Waals surface area contributed by atoms with E-state index in [1.165, 1.54) is 0 Å². The minimum absolute atomic E-state index is 0.0844. The Labute approximate surface area is 108 Å². The summed E-state index contributed by atoms with van der Waals surface area (Å²) in [4.78, 5) is 0. The summed E-state index contributed by atoms with van der Waals surface area (Å²) in [5.41, 5.74) is 1.15. The van der Waals surface area contributed by atoms with E-state index >= 15 is 0 Å². The van der Waals surface area contributed by atoms with E-state index in [4.69, 9.17) is 4.42 Å². The van der Waals surface area contributed by atoms with Gasteiger partial charge in [-0.15, -0.1) is 0 Å². The Morgan fingerprint density at radius 3 is 2.78 bits per heavy atom. The van der Waals surface area contributed by atoms with Gasteiger partial charge in [-0.3, -0.25) is 4.68 Å². The molecule has 18 heavy (non-hydrogen) atoms. The summed E-state index contributed by atoms with van der Waals surface area (Å²) in [6.07, 6.45) is 2.94. The lowest BCUT2D eigenvalue weighted by Crippen LogP contribution is -2.25. The van der Waals surface area contributed by atoms with Gasteiger partial charge in [-0.25, -0.2) is 0 Å². The van der Waals surface area contributed by atoms with Crippen LogP contribution in [0, 0.1) is 6.92 Å². The van der Waals surface area contributed by atoms with Crippen LogP contribution in [0.4, 0.5) is 0 Å². The van der Waals surface area contributed by atoms with E-state index in [-0.39, 0.29) is 6.04 Å². The van der Waals surface area contributed by atoms with Crippen molar-refractivity contribution in [1.82, 2.24) is 15.1 Å². The number of aromatic nitrogens is 2. The van der Waals surface area contributed by atoms with Crippen molar-refractivity contribution < 1.29 is 4.42 Å². The van der Waals surface area contributed by atoms with Crippen molar-refractivity contribution in [3.8, 4) is 0 Å². The quantitative estimate of drug-likeness (QED) is 0.853. The average Bonchev–Trinajstić information content (AvgIpc) is 2.99. The van der Waals surface area contributed by atoms with E-state index in [2.05, 4.69) is 30.3 Å². The van der Waals surface area contributed by atoms with Gasteiger partial charge in [0, 0.05) is 12.7 Å². The Kier molecular flexibility index (Phi) is 4.20. The van der Waals surface area contributed by atoms with Crippen LogP contribution in [-0.4, -0.2) is 16.3 Å². The van der Waals surface area contributed by atoms with Crippen molar-refractivity contribution in [2.45, 2.75) is 39.8 Å². The van der Waals surface area contributed by atoms with Gasteiger partial charge < -0.3 is 9.73 Å². The fraction of sp³-hybridized carbons (Fsp3) is 0.500. The summed E-state index contributed by atoms with van der Waals surface area (Å²) in [6.45, 7) is 8.05. The van der Waals surface area contributed by atoms with E-state index in [0.717, 1.165) is 36.7 Å². The van der Waals surface area contributed by atoms with Crippen molar-refractivity contribution >= 4 is 0 Å². The first-order chi connectivity index (χ1) is 8.76. The molecule has 0 aliphatic heterocycles. The van der Waals surface area contributed by atoms with Gasteiger partial charge >= 0.3 is 0 Å². The normalized spacial score (nSPS) is 12.8. The number of rotatable bonds is 6. The molecule has 4 nitrogen and oxygen atoms in total. The highest BCUT2D eigenvalue weighted by Crippen LogP contribution is 2.23. The Balaban J connectivity index is 2.30. The number of hydrogen-bond donors (Lipinski definition) is 1. The van der Waals surface area contributed by atoms with Gasteiger partial charge in [-0.2, -0.15) is 5.10 Å². The molecule has 0 saturated heterocycles. The van der Waals surface area contributed by atoms with Crippen molar-refractivity contribution in [2.75, 3.05) is 6.54 Å². The molecule has 0 aliphatic carbocycles. The summed E-state index contributed by atoms with van der Waals surface area (Å²) < 4.78 is 7.77. The first kappa shape index (κ1) is 12.9. The van der Waals surface area contributed by atoms with Crippen LogP contribution in [0.2, 0.25) is 0 Å². The zero-order valence-corrected chi connectivity index (χ0v) is 11.3. The molecule has 1 unspecified atom stereocenters. The van der Waals surface area contributed by atoms with Crippen molar-refractivity contribution in [1.29, 1.82) is 0 Å². The number of hydrogen-bond acceptors (Lipinski definition) is 3. The first-order valence-electron chi connectivity index (χ1n) is 6.57. The van der Waals surface area contributed by atoms with E-state index in [1.807, 2.05) is 29.9 Å². The minimum Gasteiger partial charge on any atom is -0.464 e. The Morgan fingerprint density at radius 1 is 1.33 bits per heavy atom. The highest BCUT2D eigenvalue weighted by atomic mass is 16.3. The molecule has 2 aromatic rings. The summed E-state index contributed by atoms with van der Waals surface area (Å²) in [5, 5.41) is 7.85. The van der Waals surface area contributed by atoms with Crippen molar-refractivity contribution in [3.05, 3.63) is 41.6 Å². The Morgan fingerprint density at radius 2 is 2.17 bits per heavy atom. The predicted molar refractivity (Wildman–Crippen MR) is 71.5 cm³/mol. The SMILES string of the molecule is CCCNC(c1ccc(C)o1)c1ccnn1CC. The average molecular weight is 247 g/mol. The summed E-state index contributed by atoms with van der Waals surface area (Å²) >= 11 is 0. The van der Waals surface area contributed by atoms with E-state index in [9.17, 15) is 0 Å². The molecule has 1 N–H and O–H groups in total. The largest absolute Gasteiger partial charge is 0.464 e. The number of nitrogens with one attached hydrogen (secondary N) is 1. The second-order valence-electron chi connectivity index (χ2n) is 4.41. The zero-order chi connectivity index (χ0) is 13.0. The highest BCUT2D eigenvalue weighted by molar-refractivity contribution is 5.21. The van der Waals surface area contributed by atoms with Crippen LogP contribution in [-0.2, 0) is 6.54 Å². The molecule has 2 rings (SSSR count). The first-order valence-corrected chi connectivity index (χ1v) is 6.57. The lowest BCUT2D eigenvalue weighted by atomic mass is 10.1. The van der Waals surface area contributed by atoms with Gasteiger partial charge in [0.2, 0.25) is 0 Å². The maximum absolute atomic E-state index is 5.76. The molecule has 0 fully saturated rings. The topological polar surface area (TPSA) is 43.0 Å². The second-order valence-corrected chi connectivity index (χ2v) is 4.41. The molecule has 2 aromatic heterocycles. The number of nitrogens with zero attached hydrogens (tertiary/aromatic N) is 2. The zero-order valence-electron chi connectivity index (χ0n) is 11.3. The van der Waals surface area contributed by atoms with Gasteiger partial charge in [0.25, 0.3) is 0 Å². The van der Waals surface area contributed by atoms with Gasteiger partial charge in [-0.1, -0.05) is 6.92 Å². The highest BCUT2D eigenvalue weighted by Gasteiger charge is 2.20. The predicted octanol–water partition coefficient (Wildman–Crippen LogP) is 2.89. The van der Waals surface area contributed by atoms with E-state index < -0.39 is 0 Å². The molecule has 0 aromatic carbocycles. The van der Waals surface area contributed by atoms with Crippen LogP contribution < -0.4 is 5.32 Å². The van der Waals surface area contributed by atoms with Crippen molar-refractivity contribution in [3.63, 3.8) is 0 Å². The Bertz CT molecular complexity index is 487. The van der Waals surface area contributed by atoms with Crippen LogP contribution in [0.15, 0.2) is 28.8 Å². The molecule has 0 radical (unpaired) electrons. The van der Waals surface area contributed by atoms with Crippen LogP contribution >= 0.6 is 0 Å². The minimum atomic E-state index is 0.0844. The maximum Gasteiger partial charge on any atom is 0.127 e. The third-order valence-electron chi connectivity index (χ3n) is 2.99. The van der Waals surface area contributed by atoms with Crippen LogP contribution in [0.25, 0.3) is 0 Å². The smallest absolute Gasteiger partial charge is 0.127 e. The fourth-order valence-corrected chi connectivity index (χ4v) is 2.10. The van der Waals surface area contributed by atoms with Gasteiger partial charge in [0.15, 0.2) is 0 Å². The monoisotopic (exact) mass is 247 g/mol. The molecule has 0 saturated carbocycles. The molecule has 98 valence electrons. The standard InChI is InChI=1S/C14H21N3O/c1-4-9-15-14(13-7-6-11(3)18-13)12-8-10-16-17(12)5-2/h6-8,10,14-15H,4-5,9H2,1-3H3. The fourth-order valence-electron chi connectivity index (χ4n) is 2.10. The summed E-state index contributed by atoms with van der Waals surface area (Å²) in [7, 11) is 0. The molecule has 1 atom stereocenters. The Hall–Kier alpha value is -1.55. The lowest BCUT2D eigenvalue weighted by molar-refractivity contribution is 0.414. The molecule has 0 aliphatic rings. The molecule has 0 spiro atoms. The van der Waals surface area contributed by atoms with E-state index in [1.54, 1.807) is 0 Å². The molecule has 0 amide bonds. The number of furan rings is 1. The van der Waals surface area contributed by atoms with Crippen molar-refractivity contribution in [2.24, 2.45) is 0 Å². The van der Waals surface area contributed by atoms with Crippen LogP contribution in [0.3, 0.4) is 0 Å². The third kappa shape index (κ3) is 2.64. The second kappa shape index (κ2) is 5.87. The lowest BCUT2D eigenvalue weighted by Gasteiger charge is -2.17.